The lowest BCUT2D eigenvalue weighted by molar-refractivity contribution is 0.571. The van der Waals surface area contributed by atoms with Gasteiger partial charge in [0.05, 0.1) is 11.5 Å². The van der Waals surface area contributed by atoms with E-state index in [1.807, 2.05) is 36.4 Å². The van der Waals surface area contributed by atoms with E-state index in [2.05, 4.69) is 12.1 Å². The molecule has 0 saturated heterocycles. The Kier molecular flexibility index (Phi) is 13.0. The minimum atomic E-state index is -2.89. The van der Waals surface area contributed by atoms with E-state index >= 15 is 0 Å². The van der Waals surface area contributed by atoms with Crippen molar-refractivity contribution in [1.29, 1.82) is 0 Å². The highest BCUT2D eigenvalue weighted by Crippen LogP contribution is 2.17. The highest BCUT2D eigenvalue weighted by Gasteiger charge is 2.10. The van der Waals surface area contributed by atoms with Crippen LogP contribution in [-0.2, 0) is 22.7 Å². The van der Waals surface area contributed by atoms with Crippen molar-refractivity contribution in [1.82, 2.24) is 0 Å². The molecule has 2 rings (SSSR count). The monoisotopic (exact) mass is 472 g/mol. The van der Waals surface area contributed by atoms with Gasteiger partial charge in [-0.05, 0) is 61.8 Å². The third kappa shape index (κ3) is 12.1. The number of unbranched alkanes of at least 4 members (excludes halogenated alkanes) is 10. The van der Waals surface area contributed by atoms with Crippen LogP contribution in [0.1, 0.15) is 88.2 Å². The van der Waals surface area contributed by atoms with Crippen molar-refractivity contribution >= 4 is 21.2 Å². The zero-order valence-electron chi connectivity index (χ0n) is 20.3. The first-order valence-electron chi connectivity index (χ1n) is 12.8. The molecule has 2 aromatic rings. The van der Waals surface area contributed by atoms with Gasteiger partial charge in [0, 0.05) is 11.4 Å². The molecule has 2 aromatic carbocycles. The molecule has 184 valence electrons. The van der Waals surface area contributed by atoms with Gasteiger partial charge in [-0.25, -0.2) is 8.42 Å². The molecule has 0 saturated carbocycles. The summed E-state index contributed by atoms with van der Waals surface area (Å²) in [5.41, 5.74) is 16.2. The number of nitrogens with two attached hydrogens (primary N) is 2. The fourth-order valence-corrected chi connectivity index (χ4v) is 5.81. The summed E-state index contributed by atoms with van der Waals surface area (Å²) in [7, 11) is -2.89. The molecule has 0 radical (unpaired) electrons. The summed E-state index contributed by atoms with van der Waals surface area (Å²) < 4.78 is 24.5. The molecular weight excluding hydrogens is 428 g/mol. The summed E-state index contributed by atoms with van der Waals surface area (Å²) >= 11 is 0. The topological polar surface area (TPSA) is 86.2 Å². The number of rotatable bonds is 18. The molecule has 0 aliphatic rings. The van der Waals surface area contributed by atoms with E-state index in [4.69, 9.17) is 11.5 Å². The van der Waals surface area contributed by atoms with Crippen molar-refractivity contribution in [2.75, 3.05) is 23.0 Å². The highest BCUT2D eigenvalue weighted by atomic mass is 32.2. The van der Waals surface area contributed by atoms with Crippen molar-refractivity contribution < 1.29 is 8.42 Å². The molecule has 4 nitrogen and oxygen atoms in total. The Morgan fingerprint density at radius 2 is 0.818 bits per heavy atom. The Morgan fingerprint density at radius 3 is 1.21 bits per heavy atom. The second kappa shape index (κ2) is 15.8. The predicted molar refractivity (Wildman–Crippen MR) is 143 cm³/mol. The van der Waals surface area contributed by atoms with Crippen molar-refractivity contribution in [2.45, 2.75) is 89.9 Å². The van der Waals surface area contributed by atoms with E-state index in [1.54, 1.807) is 0 Å². The quantitative estimate of drug-likeness (QED) is 0.186. The third-order valence-electron chi connectivity index (χ3n) is 6.41. The van der Waals surface area contributed by atoms with Crippen molar-refractivity contribution in [2.24, 2.45) is 0 Å². The largest absolute Gasteiger partial charge is 0.399 e. The standard InChI is InChI=1S/C28H44N2O2S/c29-27-21-13-11-19-25(27)17-9-5-1-3-7-15-23-33(31,32)24-16-8-4-2-6-10-18-26-20-12-14-22-28(26)30/h11-14,19-22H,1-10,15-18,23-24,29-30H2. The number of sulfone groups is 1. The zero-order chi connectivity index (χ0) is 23.8. The van der Waals surface area contributed by atoms with Crippen LogP contribution in [0, 0.1) is 0 Å². The van der Waals surface area contributed by atoms with Crippen LogP contribution in [-0.4, -0.2) is 19.9 Å². The fraction of sp³-hybridized carbons (Fsp3) is 0.571. The number of para-hydroxylation sites is 2. The average Bonchev–Trinajstić information content (AvgIpc) is 2.79. The van der Waals surface area contributed by atoms with Gasteiger partial charge in [0.2, 0.25) is 0 Å². The Balaban J connectivity index is 1.39. The number of nitrogen functional groups attached to an aromatic ring is 2. The van der Waals surface area contributed by atoms with Crippen molar-refractivity contribution in [3.63, 3.8) is 0 Å². The molecule has 5 heteroatoms. The van der Waals surface area contributed by atoms with Gasteiger partial charge in [0.25, 0.3) is 0 Å². The van der Waals surface area contributed by atoms with E-state index in [9.17, 15) is 8.42 Å². The van der Waals surface area contributed by atoms with Crippen LogP contribution in [0.5, 0.6) is 0 Å². The lowest BCUT2D eigenvalue weighted by Crippen LogP contribution is -2.11. The van der Waals surface area contributed by atoms with Crippen LogP contribution in [0.3, 0.4) is 0 Å². The normalized spacial score (nSPS) is 11.6. The summed E-state index contributed by atoms with van der Waals surface area (Å²) in [6.45, 7) is 0. The maximum absolute atomic E-state index is 12.3. The second-order valence-electron chi connectivity index (χ2n) is 9.29. The minimum absolute atomic E-state index is 0.353. The van der Waals surface area contributed by atoms with Gasteiger partial charge in [-0.1, -0.05) is 87.8 Å². The zero-order valence-corrected chi connectivity index (χ0v) is 21.1. The number of anilines is 2. The lowest BCUT2D eigenvalue weighted by atomic mass is 10.0. The first kappa shape index (κ1) is 27.2. The molecule has 0 amide bonds. The average molecular weight is 473 g/mol. The van der Waals surface area contributed by atoms with Crippen LogP contribution in [0.25, 0.3) is 0 Å². The van der Waals surface area contributed by atoms with Crippen molar-refractivity contribution in [3.05, 3.63) is 59.7 Å². The van der Waals surface area contributed by atoms with Crippen LogP contribution in [0.15, 0.2) is 48.5 Å². The smallest absolute Gasteiger partial charge is 0.150 e. The highest BCUT2D eigenvalue weighted by molar-refractivity contribution is 7.91. The molecule has 0 spiro atoms. The number of benzene rings is 2. The number of hydrogen-bond acceptors (Lipinski definition) is 4. The van der Waals surface area contributed by atoms with Gasteiger partial charge in [-0.15, -0.1) is 0 Å². The molecular formula is C28H44N2O2S. The first-order valence-corrected chi connectivity index (χ1v) is 14.7. The number of aryl methyl sites for hydroxylation is 2. The second-order valence-corrected chi connectivity index (χ2v) is 11.6. The van der Waals surface area contributed by atoms with E-state index in [0.717, 1.165) is 75.6 Å². The van der Waals surface area contributed by atoms with Crippen LogP contribution in [0.2, 0.25) is 0 Å². The summed E-state index contributed by atoms with van der Waals surface area (Å²) in [6.07, 6.45) is 14.9. The Morgan fingerprint density at radius 1 is 0.485 bits per heavy atom. The summed E-state index contributed by atoms with van der Waals surface area (Å²) in [5.74, 6) is 0.706. The van der Waals surface area contributed by atoms with Crippen LogP contribution in [0.4, 0.5) is 11.4 Å². The maximum Gasteiger partial charge on any atom is 0.150 e. The molecule has 33 heavy (non-hydrogen) atoms. The van der Waals surface area contributed by atoms with Gasteiger partial charge >= 0.3 is 0 Å². The van der Waals surface area contributed by atoms with Gasteiger partial charge in [-0.2, -0.15) is 0 Å². The Labute approximate surface area is 202 Å². The Bertz CT molecular complexity index is 829. The van der Waals surface area contributed by atoms with Gasteiger partial charge < -0.3 is 11.5 Å². The molecule has 0 aliphatic heterocycles. The van der Waals surface area contributed by atoms with E-state index in [0.29, 0.717) is 11.5 Å². The third-order valence-corrected chi connectivity index (χ3v) is 8.23. The molecule has 0 fully saturated rings. The van der Waals surface area contributed by atoms with Gasteiger partial charge in [0.1, 0.15) is 9.84 Å². The molecule has 0 unspecified atom stereocenters. The SMILES string of the molecule is Nc1ccccc1CCCCCCCCS(=O)(=O)CCCCCCCCc1ccccc1N. The van der Waals surface area contributed by atoms with Crippen LogP contribution >= 0.6 is 0 Å². The predicted octanol–water partition coefficient (Wildman–Crippen LogP) is 6.73. The fourth-order valence-electron chi connectivity index (χ4n) is 4.31. The summed E-state index contributed by atoms with van der Waals surface area (Å²) in [6, 6.07) is 16.1. The molecule has 0 bridgehead atoms. The van der Waals surface area contributed by atoms with Crippen LogP contribution < -0.4 is 11.5 Å². The van der Waals surface area contributed by atoms with Crippen molar-refractivity contribution in [3.8, 4) is 0 Å². The number of hydrogen-bond donors (Lipinski definition) is 2. The molecule has 4 N–H and O–H groups in total. The van der Waals surface area contributed by atoms with E-state index < -0.39 is 9.84 Å². The molecule has 0 aromatic heterocycles. The molecule has 0 aliphatic carbocycles. The Hall–Kier alpha value is -2.01. The first-order chi connectivity index (χ1) is 16.0. The minimum Gasteiger partial charge on any atom is -0.399 e. The molecule has 0 atom stereocenters. The van der Waals surface area contributed by atoms with Gasteiger partial charge in [-0.3, -0.25) is 0 Å². The summed E-state index contributed by atoms with van der Waals surface area (Å²) in [4.78, 5) is 0. The lowest BCUT2D eigenvalue weighted by Gasteiger charge is -2.07. The molecule has 0 heterocycles. The van der Waals surface area contributed by atoms with E-state index in [1.165, 1.54) is 36.8 Å². The maximum atomic E-state index is 12.3. The summed E-state index contributed by atoms with van der Waals surface area (Å²) in [5, 5.41) is 0. The van der Waals surface area contributed by atoms with Gasteiger partial charge in [0.15, 0.2) is 0 Å². The van der Waals surface area contributed by atoms with E-state index in [-0.39, 0.29) is 0 Å².